The molecule has 0 aliphatic heterocycles. The summed E-state index contributed by atoms with van der Waals surface area (Å²) in [7, 11) is 0. The molecular weight excluding hydrogens is 787 g/mol. The lowest BCUT2D eigenvalue weighted by Gasteiger charge is -2.26. The zero-order chi connectivity index (χ0) is 46.5. The zero-order valence-electron chi connectivity index (χ0n) is 43.7. The molecule has 0 aromatic rings. The first-order valence-electron chi connectivity index (χ1n) is 29.5. The Bertz CT molecular complexity index is 909. The number of aliphatic hydroxyl groups excluding tert-OH is 3. The summed E-state index contributed by atoms with van der Waals surface area (Å²) in [6.07, 6.45) is 68.3. The summed E-state index contributed by atoms with van der Waals surface area (Å²) >= 11 is 0. The molecule has 0 aliphatic rings. The number of hydrogen-bond donors (Lipinski definition) is 4. The van der Waals surface area contributed by atoms with Crippen molar-refractivity contribution in [2.75, 3.05) is 6.61 Å². The summed E-state index contributed by atoms with van der Waals surface area (Å²) in [5.41, 5.74) is 0. The molecule has 0 saturated heterocycles. The highest BCUT2D eigenvalue weighted by Crippen LogP contribution is 2.18. The normalized spacial score (nSPS) is 13.3. The summed E-state index contributed by atoms with van der Waals surface area (Å²) < 4.78 is 0. The molecule has 0 bridgehead atoms. The van der Waals surface area contributed by atoms with Crippen molar-refractivity contribution in [1.82, 2.24) is 5.32 Å². The monoisotopic (exact) mass is 904 g/mol. The van der Waals surface area contributed by atoms with E-state index in [1.807, 2.05) is 0 Å². The average molecular weight is 905 g/mol. The highest BCUT2D eigenvalue weighted by Gasteiger charge is 2.26. The number of carbonyl (C=O) groups excluding carboxylic acids is 1. The summed E-state index contributed by atoms with van der Waals surface area (Å²) in [6, 6.07) is -0.822. The molecule has 5 heteroatoms. The minimum atomic E-state index is -1.16. The average Bonchev–Trinajstić information content (AvgIpc) is 3.30. The molecule has 0 aromatic heterocycles. The van der Waals surface area contributed by atoms with Gasteiger partial charge in [0.1, 0.15) is 6.10 Å². The van der Waals surface area contributed by atoms with Crippen molar-refractivity contribution >= 4 is 5.91 Å². The minimum absolute atomic E-state index is 0.147. The summed E-state index contributed by atoms with van der Waals surface area (Å²) in [6.45, 7) is 4.20. The topological polar surface area (TPSA) is 89.8 Å². The van der Waals surface area contributed by atoms with E-state index in [1.165, 1.54) is 270 Å². The van der Waals surface area contributed by atoms with Gasteiger partial charge in [0.25, 0.3) is 0 Å². The van der Waals surface area contributed by atoms with Crippen LogP contribution in [0.1, 0.15) is 335 Å². The predicted octanol–water partition coefficient (Wildman–Crippen LogP) is 18.3. The second kappa shape index (κ2) is 54.7. The van der Waals surface area contributed by atoms with E-state index in [4.69, 9.17) is 0 Å². The van der Waals surface area contributed by atoms with E-state index in [-0.39, 0.29) is 12.5 Å². The van der Waals surface area contributed by atoms with Crippen LogP contribution in [0, 0.1) is 0 Å². The van der Waals surface area contributed by atoms with Gasteiger partial charge >= 0.3 is 0 Å². The van der Waals surface area contributed by atoms with Crippen molar-refractivity contribution in [2.24, 2.45) is 0 Å². The smallest absolute Gasteiger partial charge is 0.220 e. The lowest BCUT2D eigenvalue weighted by Crippen LogP contribution is -2.50. The van der Waals surface area contributed by atoms with Crippen LogP contribution in [0.25, 0.3) is 0 Å². The van der Waals surface area contributed by atoms with Crippen LogP contribution in [-0.4, -0.2) is 46.1 Å². The van der Waals surface area contributed by atoms with Gasteiger partial charge in [0, 0.05) is 6.42 Å². The van der Waals surface area contributed by atoms with Gasteiger partial charge in [-0.2, -0.15) is 0 Å². The van der Waals surface area contributed by atoms with Crippen LogP contribution in [0.4, 0.5) is 0 Å². The Kier molecular flexibility index (Phi) is 53.9. The Hall–Kier alpha value is -0.910. The quantitative estimate of drug-likeness (QED) is 0.0362. The fourth-order valence-corrected chi connectivity index (χ4v) is 9.58. The third-order valence-corrected chi connectivity index (χ3v) is 14.1. The molecule has 4 N–H and O–H groups in total. The molecule has 0 saturated carbocycles. The van der Waals surface area contributed by atoms with E-state index in [0.29, 0.717) is 12.8 Å². The standard InChI is InChI=1S/C59H117NO4/c1-3-5-7-9-11-13-15-17-19-20-21-22-23-24-25-26-27-28-29-30-31-32-33-34-35-36-37-38-40-42-44-46-48-50-52-54-58(63)60-56(55-61)59(64)57(62)53-51-49-47-45-43-41-39-18-16-14-12-10-8-6-4-2/h45,47,56-57,59,61-62,64H,3-44,46,48-55H2,1-2H3,(H,60,63)/b47-45+. The van der Waals surface area contributed by atoms with Crippen LogP contribution in [0.15, 0.2) is 12.2 Å². The van der Waals surface area contributed by atoms with Crippen LogP contribution in [0.2, 0.25) is 0 Å². The zero-order valence-corrected chi connectivity index (χ0v) is 43.7. The number of allylic oxidation sites excluding steroid dienone is 2. The van der Waals surface area contributed by atoms with Gasteiger partial charge in [-0.25, -0.2) is 0 Å². The van der Waals surface area contributed by atoms with Gasteiger partial charge in [-0.05, 0) is 38.5 Å². The molecule has 64 heavy (non-hydrogen) atoms. The van der Waals surface area contributed by atoms with Gasteiger partial charge in [0.15, 0.2) is 0 Å². The number of nitrogens with one attached hydrogen (secondary N) is 1. The molecular formula is C59H117NO4. The molecule has 0 aliphatic carbocycles. The SMILES string of the molecule is CCCCCCCCCCCC/C=C/CCCC(O)C(O)C(CO)NC(=O)CCCCCCCCCCCCCCCCCCCCCCCCCCCCCCCCCCCCC. The van der Waals surface area contributed by atoms with Crippen LogP contribution >= 0.6 is 0 Å². The molecule has 0 fully saturated rings. The second-order valence-electron chi connectivity index (χ2n) is 20.6. The first kappa shape index (κ1) is 63.1. The Balaban J connectivity index is 3.44. The first-order valence-corrected chi connectivity index (χ1v) is 29.5. The second-order valence-corrected chi connectivity index (χ2v) is 20.6. The predicted molar refractivity (Wildman–Crippen MR) is 282 cm³/mol. The molecule has 0 spiro atoms. The third-order valence-electron chi connectivity index (χ3n) is 14.1. The van der Waals surface area contributed by atoms with Gasteiger partial charge in [0.2, 0.25) is 5.91 Å². The number of carbonyl (C=O) groups is 1. The molecule has 382 valence electrons. The van der Waals surface area contributed by atoms with Gasteiger partial charge in [-0.3, -0.25) is 4.79 Å². The van der Waals surface area contributed by atoms with Crippen molar-refractivity contribution in [2.45, 2.75) is 353 Å². The van der Waals surface area contributed by atoms with Crippen LogP contribution < -0.4 is 5.32 Å². The lowest BCUT2D eigenvalue weighted by molar-refractivity contribution is -0.124. The van der Waals surface area contributed by atoms with Crippen LogP contribution in [0.5, 0.6) is 0 Å². The van der Waals surface area contributed by atoms with Crippen molar-refractivity contribution < 1.29 is 20.1 Å². The maximum absolute atomic E-state index is 12.5. The fraction of sp³-hybridized carbons (Fsp3) is 0.949. The van der Waals surface area contributed by atoms with Gasteiger partial charge in [-0.15, -0.1) is 0 Å². The molecule has 0 radical (unpaired) electrons. The Morgan fingerprint density at radius 3 is 0.906 bits per heavy atom. The molecule has 3 unspecified atom stereocenters. The maximum Gasteiger partial charge on any atom is 0.220 e. The summed E-state index contributed by atoms with van der Waals surface area (Å²) in [5, 5.41) is 33.7. The fourth-order valence-electron chi connectivity index (χ4n) is 9.58. The Morgan fingerprint density at radius 2 is 0.625 bits per heavy atom. The van der Waals surface area contributed by atoms with Crippen molar-refractivity contribution in [3.63, 3.8) is 0 Å². The van der Waals surface area contributed by atoms with Crippen LogP contribution in [0.3, 0.4) is 0 Å². The first-order chi connectivity index (χ1) is 31.6. The van der Waals surface area contributed by atoms with Gasteiger partial charge in [-0.1, -0.05) is 302 Å². The highest BCUT2D eigenvalue weighted by atomic mass is 16.3. The summed E-state index contributed by atoms with van der Waals surface area (Å²) in [5.74, 6) is -0.147. The number of rotatable bonds is 55. The minimum Gasteiger partial charge on any atom is -0.394 e. The molecule has 0 rings (SSSR count). The third kappa shape index (κ3) is 49.0. The molecule has 0 aromatic carbocycles. The van der Waals surface area contributed by atoms with E-state index in [0.717, 1.165) is 38.5 Å². The maximum atomic E-state index is 12.5. The Labute approximate surface area is 401 Å². The van der Waals surface area contributed by atoms with Crippen molar-refractivity contribution in [3.8, 4) is 0 Å². The van der Waals surface area contributed by atoms with Crippen LogP contribution in [-0.2, 0) is 4.79 Å². The number of hydrogen-bond acceptors (Lipinski definition) is 4. The van der Waals surface area contributed by atoms with E-state index in [2.05, 4.69) is 31.3 Å². The number of aliphatic hydroxyl groups is 3. The Morgan fingerprint density at radius 1 is 0.375 bits per heavy atom. The largest absolute Gasteiger partial charge is 0.394 e. The molecule has 3 atom stereocenters. The molecule has 5 nitrogen and oxygen atoms in total. The van der Waals surface area contributed by atoms with Gasteiger partial charge < -0.3 is 20.6 Å². The highest BCUT2D eigenvalue weighted by molar-refractivity contribution is 5.76. The van der Waals surface area contributed by atoms with Gasteiger partial charge in [0.05, 0.1) is 18.8 Å². The molecule has 0 heterocycles. The lowest BCUT2D eigenvalue weighted by atomic mass is 10.0. The number of amides is 1. The summed E-state index contributed by atoms with van der Waals surface area (Å²) in [4.78, 5) is 12.5. The van der Waals surface area contributed by atoms with Crippen molar-refractivity contribution in [3.05, 3.63) is 12.2 Å². The number of unbranched alkanes of at least 4 members (excludes halogenated alkanes) is 45. The van der Waals surface area contributed by atoms with Crippen molar-refractivity contribution in [1.29, 1.82) is 0 Å². The van der Waals surface area contributed by atoms with E-state index < -0.39 is 18.2 Å². The van der Waals surface area contributed by atoms with E-state index >= 15 is 0 Å². The van der Waals surface area contributed by atoms with E-state index in [1.54, 1.807) is 0 Å². The molecule has 1 amide bonds. The van der Waals surface area contributed by atoms with E-state index in [9.17, 15) is 20.1 Å².